The van der Waals surface area contributed by atoms with Crippen LogP contribution in [0.15, 0.2) is 5.38 Å². The smallest absolute Gasteiger partial charge is 0.226 e. The maximum absolute atomic E-state index is 12.3. The molecular formula is C17H25N3O2S. The zero-order valence-corrected chi connectivity index (χ0v) is 14.3. The monoisotopic (exact) mass is 335 g/mol. The van der Waals surface area contributed by atoms with Crippen molar-refractivity contribution in [2.45, 2.75) is 38.6 Å². The molecule has 1 aliphatic heterocycles. The number of rotatable bonds is 5. The lowest BCUT2D eigenvalue weighted by Gasteiger charge is -2.25. The molecule has 0 aromatic carbocycles. The maximum Gasteiger partial charge on any atom is 0.226 e. The number of morpholine rings is 1. The Hall–Kier alpha value is -0.980. The molecule has 1 aromatic rings. The van der Waals surface area contributed by atoms with Gasteiger partial charge in [0.25, 0.3) is 0 Å². The molecule has 4 rings (SSSR count). The highest BCUT2D eigenvalue weighted by molar-refractivity contribution is 7.13. The number of hydrogen-bond acceptors (Lipinski definition) is 5. The Morgan fingerprint density at radius 1 is 1.35 bits per heavy atom. The van der Waals surface area contributed by atoms with Gasteiger partial charge in [0.05, 0.1) is 18.9 Å². The number of aromatic nitrogens is 1. The van der Waals surface area contributed by atoms with Crippen LogP contribution in [-0.4, -0.2) is 42.1 Å². The molecule has 1 amide bonds. The van der Waals surface area contributed by atoms with Gasteiger partial charge in [0.15, 0.2) is 5.13 Å². The molecule has 2 heterocycles. The van der Waals surface area contributed by atoms with E-state index in [0.29, 0.717) is 12.3 Å². The number of nitrogens with zero attached hydrogens (tertiary/aromatic N) is 2. The molecule has 23 heavy (non-hydrogen) atoms. The molecule has 2 saturated carbocycles. The molecule has 6 heteroatoms. The molecule has 5 nitrogen and oxygen atoms in total. The fourth-order valence-electron chi connectivity index (χ4n) is 4.46. The molecule has 3 atom stereocenters. The fraction of sp³-hybridized carbons (Fsp3) is 0.765. The summed E-state index contributed by atoms with van der Waals surface area (Å²) >= 11 is 1.54. The summed E-state index contributed by atoms with van der Waals surface area (Å²) in [6.07, 6.45) is 6.03. The van der Waals surface area contributed by atoms with Crippen molar-refractivity contribution in [1.29, 1.82) is 0 Å². The normalized spacial score (nSPS) is 30.7. The molecule has 1 aromatic heterocycles. The van der Waals surface area contributed by atoms with Crippen molar-refractivity contribution in [3.05, 3.63) is 11.1 Å². The standard InChI is InChI=1S/C17H25N3O2S/c21-16(9-14-8-12-1-2-13(14)7-12)19-17-18-15(11-23-17)10-20-3-5-22-6-4-20/h11-14H,1-10H2,(H,18,19,21)/t12-,13-,14-/m0/s1. The average Bonchev–Trinajstić information content (AvgIpc) is 3.26. The molecule has 0 radical (unpaired) electrons. The Morgan fingerprint density at radius 2 is 2.22 bits per heavy atom. The molecule has 1 N–H and O–H groups in total. The van der Waals surface area contributed by atoms with Gasteiger partial charge in [-0.15, -0.1) is 11.3 Å². The third kappa shape index (κ3) is 3.75. The Bertz CT molecular complexity index is 556. The lowest BCUT2D eigenvalue weighted by Crippen LogP contribution is -2.35. The van der Waals surface area contributed by atoms with Gasteiger partial charge in [0.2, 0.25) is 5.91 Å². The highest BCUT2D eigenvalue weighted by Crippen LogP contribution is 2.49. The van der Waals surface area contributed by atoms with Gasteiger partial charge >= 0.3 is 0 Å². The second-order valence-corrected chi connectivity index (χ2v) is 8.08. The van der Waals surface area contributed by atoms with E-state index in [2.05, 4.69) is 20.6 Å². The van der Waals surface area contributed by atoms with Crippen LogP contribution in [0.3, 0.4) is 0 Å². The summed E-state index contributed by atoms with van der Waals surface area (Å²) in [4.78, 5) is 19.2. The van der Waals surface area contributed by atoms with E-state index in [-0.39, 0.29) is 5.91 Å². The average molecular weight is 335 g/mol. The summed E-state index contributed by atoms with van der Waals surface area (Å²) < 4.78 is 5.36. The van der Waals surface area contributed by atoms with E-state index in [1.165, 1.54) is 37.0 Å². The zero-order valence-electron chi connectivity index (χ0n) is 13.5. The first-order valence-corrected chi connectivity index (χ1v) is 9.68. The number of hydrogen-bond donors (Lipinski definition) is 1. The first-order chi connectivity index (χ1) is 11.3. The van der Waals surface area contributed by atoms with Crippen molar-refractivity contribution in [3.63, 3.8) is 0 Å². The molecule has 3 fully saturated rings. The Labute approximate surface area is 141 Å². The van der Waals surface area contributed by atoms with Crippen molar-refractivity contribution in [1.82, 2.24) is 9.88 Å². The van der Waals surface area contributed by atoms with E-state index in [0.717, 1.165) is 55.5 Å². The van der Waals surface area contributed by atoms with Crippen molar-refractivity contribution in [3.8, 4) is 0 Å². The lowest BCUT2D eigenvalue weighted by atomic mass is 9.86. The number of nitrogens with one attached hydrogen (secondary N) is 1. The van der Waals surface area contributed by atoms with Crippen molar-refractivity contribution < 1.29 is 9.53 Å². The molecule has 1 saturated heterocycles. The van der Waals surface area contributed by atoms with Gasteiger partial charge < -0.3 is 10.1 Å². The van der Waals surface area contributed by atoms with Crippen molar-refractivity contribution in [2.75, 3.05) is 31.6 Å². The molecule has 3 aliphatic rings. The molecule has 0 spiro atoms. The predicted octanol–water partition coefficient (Wildman–Crippen LogP) is 2.74. The van der Waals surface area contributed by atoms with Gasteiger partial charge in [0, 0.05) is 31.4 Å². The quantitative estimate of drug-likeness (QED) is 0.899. The number of fused-ring (bicyclic) bond motifs is 2. The van der Waals surface area contributed by atoms with E-state index < -0.39 is 0 Å². The van der Waals surface area contributed by atoms with Crippen LogP contribution >= 0.6 is 11.3 Å². The van der Waals surface area contributed by atoms with Crippen LogP contribution in [0, 0.1) is 17.8 Å². The summed E-state index contributed by atoms with van der Waals surface area (Å²) in [5, 5.41) is 5.82. The lowest BCUT2D eigenvalue weighted by molar-refractivity contribution is -0.117. The van der Waals surface area contributed by atoms with Crippen LogP contribution in [-0.2, 0) is 16.1 Å². The fourth-order valence-corrected chi connectivity index (χ4v) is 5.18. The van der Waals surface area contributed by atoms with Crippen LogP contribution in [0.5, 0.6) is 0 Å². The van der Waals surface area contributed by atoms with Crippen molar-refractivity contribution >= 4 is 22.4 Å². The number of thiazole rings is 1. The third-order valence-electron chi connectivity index (χ3n) is 5.62. The van der Waals surface area contributed by atoms with E-state index >= 15 is 0 Å². The third-order valence-corrected chi connectivity index (χ3v) is 6.43. The summed E-state index contributed by atoms with van der Waals surface area (Å²) in [5.74, 6) is 2.47. The number of amides is 1. The molecular weight excluding hydrogens is 310 g/mol. The highest BCUT2D eigenvalue weighted by atomic mass is 32.1. The minimum absolute atomic E-state index is 0.148. The topological polar surface area (TPSA) is 54.5 Å². The molecule has 2 bridgehead atoms. The van der Waals surface area contributed by atoms with Gasteiger partial charge in [0.1, 0.15) is 0 Å². The van der Waals surface area contributed by atoms with Crippen LogP contribution in [0.4, 0.5) is 5.13 Å². The first-order valence-electron chi connectivity index (χ1n) is 8.80. The minimum Gasteiger partial charge on any atom is -0.379 e. The zero-order chi connectivity index (χ0) is 15.6. The second kappa shape index (κ2) is 6.87. The summed E-state index contributed by atoms with van der Waals surface area (Å²) in [6, 6.07) is 0. The SMILES string of the molecule is O=C(C[C@@H]1C[C@H]2CC[C@H]1C2)Nc1nc(CN2CCOCC2)cs1. The molecule has 0 unspecified atom stereocenters. The first kappa shape index (κ1) is 15.5. The van der Waals surface area contributed by atoms with Gasteiger partial charge in [-0.3, -0.25) is 9.69 Å². The largest absolute Gasteiger partial charge is 0.379 e. The molecule has 126 valence electrons. The Morgan fingerprint density at radius 3 is 2.96 bits per heavy atom. The summed E-state index contributed by atoms with van der Waals surface area (Å²) in [6.45, 7) is 4.38. The Kier molecular flexibility index (Phi) is 4.64. The van der Waals surface area contributed by atoms with Gasteiger partial charge in [-0.05, 0) is 37.0 Å². The highest BCUT2D eigenvalue weighted by Gasteiger charge is 2.40. The Balaban J connectivity index is 1.26. The van der Waals surface area contributed by atoms with Crippen LogP contribution in [0.2, 0.25) is 0 Å². The van der Waals surface area contributed by atoms with Crippen LogP contribution < -0.4 is 5.32 Å². The second-order valence-electron chi connectivity index (χ2n) is 7.22. The minimum atomic E-state index is 0.148. The maximum atomic E-state index is 12.3. The van der Waals surface area contributed by atoms with E-state index in [1.807, 2.05) is 0 Å². The van der Waals surface area contributed by atoms with Crippen molar-refractivity contribution in [2.24, 2.45) is 17.8 Å². The van der Waals surface area contributed by atoms with Gasteiger partial charge in [-0.1, -0.05) is 6.42 Å². The number of carbonyl (C=O) groups is 1. The van der Waals surface area contributed by atoms with Crippen LogP contribution in [0.25, 0.3) is 0 Å². The van der Waals surface area contributed by atoms with E-state index in [4.69, 9.17) is 4.74 Å². The molecule has 2 aliphatic carbocycles. The van der Waals surface area contributed by atoms with Crippen LogP contribution in [0.1, 0.15) is 37.8 Å². The van der Waals surface area contributed by atoms with E-state index in [1.54, 1.807) is 0 Å². The summed E-state index contributed by atoms with van der Waals surface area (Å²) in [7, 11) is 0. The number of carbonyl (C=O) groups excluding carboxylic acids is 1. The van der Waals surface area contributed by atoms with E-state index in [9.17, 15) is 4.79 Å². The summed E-state index contributed by atoms with van der Waals surface area (Å²) in [5.41, 5.74) is 1.05. The van der Waals surface area contributed by atoms with Gasteiger partial charge in [-0.2, -0.15) is 0 Å². The predicted molar refractivity (Wildman–Crippen MR) is 90.4 cm³/mol. The van der Waals surface area contributed by atoms with Gasteiger partial charge in [-0.25, -0.2) is 4.98 Å². The number of ether oxygens (including phenoxy) is 1. The number of anilines is 1.